The van der Waals surface area contributed by atoms with Crippen LogP contribution < -0.4 is 16.0 Å². The summed E-state index contributed by atoms with van der Waals surface area (Å²) >= 11 is 0. The number of ether oxygens (including phenoxy) is 1. The predicted molar refractivity (Wildman–Crippen MR) is 135 cm³/mol. The molecule has 3 aliphatic rings. The van der Waals surface area contributed by atoms with Crippen molar-refractivity contribution in [3.8, 4) is 0 Å². The molecule has 1 aromatic carbocycles. The molecule has 4 rings (SSSR count). The Kier molecular flexibility index (Phi) is 8.17. The van der Waals surface area contributed by atoms with Gasteiger partial charge >= 0.3 is 6.09 Å². The number of benzene rings is 1. The van der Waals surface area contributed by atoms with Crippen LogP contribution in [-0.2, 0) is 14.3 Å². The maximum Gasteiger partial charge on any atom is 0.407 e. The normalized spacial score (nSPS) is 26.3. The van der Waals surface area contributed by atoms with Crippen LogP contribution in [-0.4, -0.2) is 59.6 Å². The van der Waals surface area contributed by atoms with Gasteiger partial charge in [0.1, 0.15) is 17.5 Å². The average molecular weight is 503 g/mol. The summed E-state index contributed by atoms with van der Waals surface area (Å²) in [5, 5.41) is 8.37. The Balaban J connectivity index is 1.23. The highest BCUT2D eigenvalue weighted by molar-refractivity contribution is 6.01. The number of hydrogen-bond donors (Lipinski definition) is 3. The molecule has 1 aromatic rings. The van der Waals surface area contributed by atoms with E-state index in [-0.39, 0.29) is 42.1 Å². The van der Waals surface area contributed by atoms with Gasteiger partial charge in [0.15, 0.2) is 0 Å². The van der Waals surface area contributed by atoms with Crippen LogP contribution in [0.5, 0.6) is 0 Å². The zero-order valence-electron chi connectivity index (χ0n) is 21.6. The summed E-state index contributed by atoms with van der Waals surface area (Å²) in [4.78, 5) is 37.9. The average Bonchev–Trinajstić information content (AvgIpc) is 2.80. The number of imide groups is 1. The van der Waals surface area contributed by atoms with Crippen LogP contribution in [0.15, 0.2) is 18.2 Å². The molecule has 1 atom stereocenters. The summed E-state index contributed by atoms with van der Waals surface area (Å²) in [6, 6.07) is 5.27. The first-order valence-electron chi connectivity index (χ1n) is 13.2. The van der Waals surface area contributed by atoms with Gasteiger partial charge in [-0.05, 0) is 102 Å². The first-order valence-corrected chi connectivity index (χ1v) is 13.2. The molecule has 1 aliphatic carbocycles. The van der Waals surface area contributed by atoms with Gasteiger partial charge in [0.2, 0.25) is 11.8 Å². The van der Waals surface area contributed by atoms with E-state index in [0.29, 0.717) is 18.2 Å². The van der Waals surface area contributed by atoms with Crippen LogP contribution in [0.4, 0.5) is 14.9 Å². The summed E-state index contributed by atoms with van der Waals surface area (Å²) in [6.45, 7) is 7.48. The minimum Gasteiger partial charge on any atom is -0.444 e. The fourth-order valence-corrected chi connectivity index (χ4v) is 5.62. The van der Waals surface area contributed by atoms with Crippen molar-refractivity contribution in [1.82, 2.24) is 15.5 Å². The van der Waals surface area contributed by atoms with Gasteiger partial charge in [0.25, 0.3) is 0 Å². The fraction of sp³-hybridized carbons (Fsp3) is 0.667. The van der Waals surface area contributed by atoms with Crippen molar-refractivity contribution >= 4 is 23.6 Å². The van der Waals surface area contributed by atoms with Crippen molar-refractivity contribution in [3.05, 3.63) is 29.6 Å². The molecule has 2 saturated heterocycles. The number of anilines is 1. The van der Waals surface area contributed by atoms with Crippen molar-refractivity contribution in [1.29, 1.82) is 0 Å². The smallest absolute Gasteiger partial charge is 0.407 e. The molecule has 9 heteroatoms. The third-order valence-electron chi connectivity index (χ3n) is 7.48. The second-order valence-corrected chi connectivity index (χ2v) is 11.3. The van der Waals surface area contributed by atoms with Gasteiger partial charge in [0.05, 0.1) is 0 Å². The van der Waals surface area contributed by atoms with E-state index in [1.54, 1.807) is 0 Å². The zero-order valence-corrected chi connectivity index (χ0v) is 21.6. The van der Waals surface area contributed by atoms with E-state index in [2.05, 4.69) is 20.9 Å². The lowest BCUT2D eigenvalue weighted by Crippen LogP contribution is -2.47. The van der Waals surface area contributed by atoms with E-state index in [9.17, 15) is 18.8 Å². The maximum atomic E-state index is 15.0. The molecule has 8 nitrogen and oxygen atoms in total. The summed E-state index contributed by atoms with van der Waals surface area (Å²) in [5.74, 6) is -0.704. The number of carbonyl (C=O) groups is 3. The monoisotopic (exact) mass is 502 g/mol. The predicted octanol–water partition coefficient (Wildman–Crippen LogP) is 4.06. The molecule has 198 valence electrons. The van der Waals surface area contributed by atoms with Crippen molar-refractivity contribution in [2.75, 3.05) is 18.4 Å². The molecule has 0 bridgehead atoms. The van der Waals surface area contributed by atoms with Gasteiger partial charge in [-0.2, -0.15) is 0 Å². The van der Waals surface area contributed by atoms with Crippen molar-refractivity contribution in [2.45, 2.75) is 102 Å². The minimum absolute atomic E-state index is 0.162. The van der Waals surface area contributed by atoms with Gasteiger partial charge in [-0.1, -0.05) is 6.07 Å². The molecule has 1 saturated carbocycles. The third kappa shape index (κ3) is 6.96. The molecule has 1 unspecified atom stereocenters. The lowest BCUT2D eigenvalue weighted by Gasteiger charge is -2.41. The van der Waals surface area contributed by atoms with E-state index < -0.39 is 11.6 Å². The zero-order chi connectivity index (χ0) is 25.9. The van der Waals surface area contributed by atoms with Crippen molar-refractivity contribution in [2.24, 2.45) is 0 Å². The Morgan fingerprint density at radius 1 is 1.06 bits per heavy atom. The number of likely N-dealkylation sites (tertiary alicyclic amines) is 1. The van der Waals surface area contributed by atoms with Crippen LogP contribution in [0.25, 0.3) is 0 Å². The van der Waals surface area contributed by atoms with Crippen LogP contribution in [0.3, 0.4) is 0 Å². The van der Waals surface area contributed by atoms with Crippen LogP contribution >= 0.6 is 0 Å². The van der Waals surface area contributed by atoms with Gasteiger partial charge in [-0.3, -0.25) is 14.9 Å². The van der Waals surface area contributed by atoms with Crippen molar-refractivity contribution in [3.63, 3.8) is 0 Å². The lowest BCUT2D eigenvalue weighted by atomic mass is 9.85. The molecular formula is C27H39FN4O4. The largest absolute Gasteiger partial charge is 0.444 e. The van der Waals surface area contributed by atoms with Gasteiger partial charge in [-0.25, -0.2) is 9.18 Å². The first kappa shape index (κ1) is 26.4. The van der Waals surface area contributed by atoms with Gasteiger partial charge < -0.3 is 20.3 Å². The van der Waals surface area contributed by atoms with Crippen LogP contribution in [0.2, 0.25) is 0 Å². The van der Waals surface area contributed by atoms with E-state index in [0.717, 1.165) is 57.2 Å². The summed E-state index contributed by atoms with van der Waals surface area (Å²) in [6.07, 6.45) is 6.14. The van der Waals surface area contributed by atoms with Gasteiger partial charge in [-0.15, -0.1) is 0 Å². The molecule has 0 spiro atoms. The van der Waals surface area contributed by atoms with Crippen LogP contribution in [0.1, 0.15) is 83.6 Å². The Labute approximate surface area is 212 Å². The van der Waals surface area contributed by atoms with E-state index in [4.69, 9.17) is 4.74 Å². The van der Waals surface area contributed by atoms with E-state index in [1.807, 2.05) is 32.9 Å². The first-order chi connectivity index (χ1) is 17.1. The highest BCUT2D eigenvalue weighted by Crippen LogP contribution is 2.34. The quantitative estimate of drug-likeness (QED) is 0.525. The fourth-order valence-electron chi connectivity index (χ4n) is 5.62. The number of amides is 3. The number of hydrogen-bond acceptors (Lipinski definition) is 6. The number of nitrogens with zero attached hydrogens (tertiary/aromatic N) is 1. The minimum atomic E-state index is -0.523. The molecule has 2 heterocycles. The molecule has 36 heavy (non-hydrogen) atoms. The number of carbonyl (C=O) groups excluding carboxylic acids is 3. The van der Waals surface area contributed by atoms with Crippen LogP contribution in [0, 0.1) is 5.82 Å². The summed E-state index contributed by atoms with van der Waals surface area (Å²) in [5.41, 5.74) is 0.795. The molecule has 2 aliphatic heterocycles. The van der Waals surface area contributed by atoms with E-state index >= 15 is 0 Å². The highest BCUT2D eigenvalue weighted by Gasteiger charge is 2.32. The lowest BCUT2D eigenvalue weighted by molar-refractivity contribution is -0.133. The maximum absolute atomic E-state index is 15.0. The molecular weight excluding hydrogens is 463 g/mol. The Bertz CT molecular complexity index is 963. The number of rotatable bonds is 5. The summed E-state index contributed by atoms with van der Waals surface area (Å²) in [7, 11) is 0. The molecule has 0 radical (unpaired) electrons. The number of nitrogens with one attached hydrogen (secondary N) is 3. The standard InChI is InChI=1S/C27H39FN4O4/c1-27(2,3)36-26(35)30-18-4-7-20(8-5-18)32-14-12-17(13-15-32)21-9-6-19(16-22(21)28)29-23-10-11-24(33)31-25(23)34/h6,9,16-18,20,23,29H,4-5,7-8,10-15H2,1-3H3,(H,30,35)(H,31,33,34). The number of piperidine rings is 2. The SMILES string of the molecule is CC(C)(C)OC(=O)NC1CCC(N2CCC(c3ccc(NC4CCC(=O)NC4=O)cc3F)CC2)CC1. The molecule has 3 fully saturated rings. The number of alkyl carbamates (subject to hydrolysis) is 1. The van der Waals surface area contributed by atoms with E-state index in [1.165, 1.54) is 6.07 Å². The topological polar surface area (TPSA) is 99.8 Å². The molecule has 3 N–H and O–H groups in total. The van der Waals surface area contributed by atoms with Crippen molar-refractivity contribution < 1.29 is 23.5 Å². The second-order valence-electron chi connectivity index (χ2n) is 11.3. The Morgan fingerprint density at radius 3 is 2.36 bits per heavy atom. The second kappa shape index (κ2) is 11.2. The molecule has 0 aromatic heterocycles. The highest BCUT2D eigenvalue weighted by atomic mass is 19.1. The molecule has 3 amide bonds. The Hall–Kier alpha value is -2.68. The third-order valence-corrected chi connectivity index (χ3v) is 7.48. The summed E-state index contributed by atoms with van der Waals surface area (Å²) < 4.78 is 20.4. The Morgan fingerprint density at radius 2 is 1.75 bits per heavy atom. The van der Waals surface area contributed by atoms with Gasteiger partial charge in [0, 0.05) is 24.2 Å². The number of halogens is 1.